The van der Waals surface area contributed by atoms with E-state index in [0.717, 1.165) is 0 Å². The van der Waals surface area contributed by atoms with Gasteiger partial charge in [0.1, 0.15) is 0 Å². The molecule has 4 unspecified atom stereocenters. The molecule has 0 aromatic rings. The Morgan fingerprint density at radius 2 is 1.33 bits per heavy atom. The molecule has 2 saturated heterocycles. The van der Waals surface area contributed by atoms with Crippen molar-refractivity contribution in [1.82, 2.24) is 0 Å². The zero-order valence-electron chi connectivity index (χ0n) is 8.84. The highest BCUT2D eigenvalue weighted by atomic mass is 16.5. The second kappa shape index (κ2) is 4.61. The van der Waals surface area contributed by atoms with Gasteiger partial charge in [-0.2, -0.15) is 0 Å². The molecule has 2 aliphatic heterocycles. The smallest absolute Gasteiger partial charge is 0.310 e. The number of fused-ring (bicyclic) bond motifs is 2. The van der Waals surface area contributed by atoms with Crippen molar-refractivity contribution < 1.29 is 24.5 Å². The minimum Gasteiger partial charge on any atom is -0.481 e. The molecule has 2 aliphatic rings. The van der Waals surface area contributed by atoms with Crippen molar-refractivity contribution in [2.45, 2.75) is 38.9 Å². The molecule has 86 valence electrons. The predicted octanol–water partition coefficient (Wildman–Crippen LogP) is 0.975. The molecule has 2 fully saturated rings. The van der Waals surface area contributed by atoms with E-state index < -0.39 is 23.8 Å². The first-order valence-corrected chi connectivity index (χ1v) is 5.22. The molecule has 0 aromatic heterocycles. The van der Waals surface area contributed by atoms with Gasteiger partial charge >= 0.3 is 11.9 Å². The zero-order valence-corrected chi connectivity index (χ0v) is 8.84. The van der Waals surface area contributed by atoms with Crippen molar-refractivity contribution in [2.75, 3.05) is 0 Å². The van der Waals surface area contributed by atoms with Crippen LogP contribution in [0.1, 0.15) is 26.7 Å². The summed E-state index contributed by atoms with van der Waals surface area (Å²) in [4.78, 5) is 21.5. The number of ether oxygens (including phenoxy) is 1. The lowest BCUT2D eigenvalue weighted by Crippen LogP contribution is -2.38. The molecule has 2 bridgehead atoms. The molecule has 0 amide bonds. The number of hydrogen-bond donors (Lipinski definition) is 2. The summed E-state index contributed by atoms with van der Waals surface area (Å²) < 4.78 is 5.26. The van der Waals surface area contributed by atoms with Crippen LogP contribution in [0, 0.1) is 11.8 Å². The van der Waals surface area contributed by atoms with Crippen LogP contribution < -0.4 is 0 Å². The third kappa shape index (κ3) is 1.97. The van der Waals surface area contributed by atoms with Gasteiger partial charge in [-0.25, -0.2) is 0 Å². The average Bonchev–Trinajstić information content (AvgIpc) is 2.79. The van der Waals surface area contributed by atoms with E-state index in [1.165, 1.54) is 0 Å². The maximum Gasteiger partial charge on any atom is 0.310 e. The van der Waals surface area contributed by atoms with Gasteiger partial charge in [0.25, 0.3) is 0 Å². The van der Waals surface area contributed by atoms with Gasteiger partial charge in [0.05, 0.1) is 24.0 Å². The molecule has 0 radical (unpaired) electrons. The maximum absolute atomic E-state index is 10.8. The fourth-order valence-electron chi connectivity index (χ4n) is 2.31. The van der Waals surface area contributed by atoms with E-state index in [1.54, 1.807) is 0 Å². The van der Waals surface area contributed by atoms with E-state index in [4.69, 9.17) is 14.9 Å². The molecule has 5 heteroatoms. The first kappa shape index (κ1) is 12.0. The molecule has 2 N–H and O–H groups in total. The van der Waals surface area contributed by atoms with Crippen LogP contribution in [-0.2, 0) is 14.3 Å². The Bertz CT molecular complexity index is 237. The number of carboxylic acid groups (broad SMARTS) is 2. The first-order chi connectivity index (χ1) is 7.11. The van der Waals surface area contributed by atoms with Gasteiger partial charge in [0.2, 0.25) is 0 Å². The fourth-order valence-corrected chi connectivity index (χ4v) is 2.31. The number of carboxylic acids is 2. The molecular weight excluding hydrogens is 200 g/mol. The summed E-state index contributed by atoms with van der Waals surface area (Å²) in [6.07, 6.45) is 0.573. The van der Waals surface area contributed by atoms with Gasteiger partial charge < -0.3 is 14.9 Å². The minimum absolute atomic E-state index is 0.386. The second-order valence-corrected chi connectivity index (χ2v) is 3.52. The molecule has 15 heavy (non-hydrogen) atoms. The molecule has 0 aliphatic carbocycles. The van der Waals surface area contributed by atoms with Crippen molar-refractivity contribution in [2.24, 2.45) is 11.8 Å². The molecular formula is C10H16O5. The zero-order chi connectivity index (χ0) is 11.6. The average molecular weight is 216 g/mol. The topological polar surface area (TPSA) is 83.8 Å². The Balaban J connectivity index is 0.000000531. The number of hydrogen-bond acceptors (Lipinski definition) is 3. The summed E-state index contributed by atoms with van der Waals surface area (Å²) in [5.41, 5.74) is 0. The van der Waals surface area contributed by atoms with Crippen LogP contribution in [0.2, 0.25) is 0 Å². The van der Waals surface area contributed by atoms with Crippen LogP contribution in [0.4, 0.5) is 0 Å². The van der Waals surface area contributed by atoms with Gasteiger partial charge in [0.15, 0.2) is 0 Å². The fraction of sp³-hybridized carbons (Fsp3) is 0.800. The Morgan fingerprint density at radius 1 is 1.00 bits per heavy atom. The Hall–Kier alpha value is -1.10. The van der Waals surface area contributed by atoms with Gasteiger partial charge in [0, 0.05) is 0 Å². The first-order valence-electron chi connectivity index (χ1n) is 5.22. The molecule has 4 atom stereocenters. The van der Waals surface area contributed by atoms with E-state index in [2.05, 4.69) is 0 Å². The van der Waals surface area contributed by atoms with E-state index in [1.807, 2.05) is 13.8 Å². The van der Waals surface area contributed by atoms with Crippen LogP contribution in [0.5, 0.6) is 0 Å². The van der Waals surface area contributed by atoms with Crippen molar-refractivity contribution in [3.05, 3.63) is 0 Å². The number of carbonyl (C=O) groups is 2. The quantitative estimate of drug-likeness (QED) is 0.718. The van der Waals surface area contributed by atoms with Crippen molar-refractivity contribution in [1.29, 1.82) is 0 Å². The van der Waals surface area contributed by atoms with Crippen molar-refractivity contribution in [3.63, 3.8) is 0 Å². The molecule has 0 saturated carbocycles. The standard InChI is InChI=1S/C8H10O5.C2H6/c9-7(10)5-3-1-2-4(13-3)6(5)8(11)12;1-2/h3-6H,1-2H2,(H,9,10)(H,11,12);1-2H3. The van der Waals surface area contributed by atoms with Gasteiger partial charge in [-0.15, -0.1) is 0 Å². The van der Waals surface area contributed by atoms with Crippen molar-refractivity contribution in [3.8, 4) is 0 Å². The summed E-state index contributed by atoms with van der Waals surface area (Å²) in [7, 11) is 0. The summed E-state index contributed by atoms with van der Waals surface area (Å²) in [5, 5.41) is 17.6. The molecule has 2 heterocycles. The lowest BCUT2D eigenvalue weighted by atomic mass is 9.79. The minimum atomic E-state index is -1.06. The monoisotopic (exact) mass is 216 g/mol. The predicted molar refractivity (Wildman–Crippen MR) is 51.5 cm³/mol. The van der Waals surface area contributed by atoms with E-state index in [0.29, 0.717) is 12.8 Å². The highest BCUT2D eigenvalue weighted by Gasteiger charge is 2.55. The number of aliphatic carboxylic acids is 2. The highest BCUT2D eigenvalue weighted by Crippen LogP contribution is 2.43. The van der Waals surface area contributed by atoms with E-state index in [9.17, 15) is 9.59 Å². The molecule has 2 rings (SSSR count). The third-order valence-electron chi connectivity index (χ3n) is 2.84. The van der Waals surface area contributed by atoms with Crippen LogP contribution in [0.25, 0.3) is 0 Å². The van der Waals surface area contributed by atoms with Crippen LogP contribution in [0.3, 0.4) is 0 Å². The Labute approximate surface area is 88.0 Å². The summed E-state index contributed by atoms with van der Waals surface area (Å²) in [5.74, 6) is -3.81. The van der Waals surface area contributed by atoms with Gasteiger partial charge in [-0.05, 0) is 12.8 Å². The second-order valence-electron chi connectivity index (χ2n) is 3.52. The van der Waals surface area contributed by atoms with Crippen LogP contribution >= 0.6 is 0 Å². The van der Waals surface area contributed by atoms with E-state index in [-0.39, 0.29) is 12.2 Å². The lowest BCUT2D eigenvalue weighted by molar-refractivity contribution is -0.154. The summed E-state index contributed by atoms with van der Waals surface area (Å²) in [6.45, 7) is 4.00. The summed E-state index contributed by atoms with van der Waals surface area (Å²) >= 11 is 0. The molecule has 5 nitrogen and oxygen atoms in total. The lowest BCUT2D eigenvalue weighted by Gasteiger charge is -2.20. The maximum atomic E-state index is 10.8. The molecule has 0 aromatic carbocycles. The SMILES string of the molecule is CC.O=C(O)C1C2CCC(O2)C1C(=O)O. The largest absolute Gasteiger partial charge is 0.481 e. The molecule has 0 spiro atoms. The van der Waals surface area contributed by atoms with E-state index >= 15 is 0 Å². The van der Waals surface area contributed by atoms with Gasteiger partial charge in [-0.3, -0.25) is 9.59 Å². The van der Waals surface area contributed by atoms with Gasteiger partial charge in [-0.1, -0.05) is 13.8 Å². The van der Waals surface area contributed by atoms with Crippen LogP contribution in [0.15, 0.2) is 0 Å². The van der Waals surface area contributed by atoms with Crippen molar-refractivity contribution >= 4 is 11.9 Å². The normalized spacial score (nSPS) is 36.9. The third-order valence-corrected chi connectivity index (χ3v) is 2.84. The number of rotatable bonds is 2. The Kier molecular flexibility index (Phi) is 3.68. The Morgan fingerprint density at radius 3 is 1.60 bits per heavy atom. The highest BCUT2D eigenvalue weighted by molar-refractivity contribution is 5.82. The van der Waals surface area contributed by atoms with Crippen LogP contribution in [-0.4, -0.2) is 34.4 Å². The summed E-state index contributed by atoms with van der Waals surface area (Å²) in [6, 6.07) is 0.